The summed E-state index contributed by atoms with van der Waals surface area (Å²) in [6, 6.07) is 13.3. The molecule has 3 heteroatoms. The molecule has 0 bridgehead atoms. The predicted octanol–water partition coefficient (Wildman–Crippen LogP) is 2.77. The first-order chi connectivity index (χ1) is 9.66. The number of amides is 1. The third-order valence-electron chi connectivity index (χ3n) is 4.02. The van der Waals surface area contributed by atoms with Gasteiger partial charge in [0.25, 0.3) is 5.91 Å². The molecule has 0 fully saturated rings. The number of fused-ring (bicyclic) bond motifs is 1. The summed E-state index contributed by atoms with van der Waals surface area (Å²) in [6.45, 7) is 2.40. The highest BCUT2D eigenvalue weighted by Gasteiger charge is 2.25. The molecular formula is C17H17NO2. The van der Waals surface area contributed by atoms with Crippen LogP contribution in [-0.4, -0.2) is 17.6 Å². The highest BCUT2D eigenvalue weighted by Crippen LogP contribution is 2.34. The summed E-state index contributed by atoms with van der Waals surface area (Å²) in [7, 11) is 0. The SMILES string of the molecule is Cc1c(O)cccc1C(=O)NCC1Cc2ccccc21. The van der Waals surface area contributed by atoms with Gasteiger partial charge in [-0.25, -0.2) is 0 Å². The molecule has 0 aliphatic heterocycles. The molecule has 0 heterocycles. The van der Waals surface area contributed by atoms with Crippen molar-refractivity contribution < 1.29 is 9.90 Å². The maximum Gasteiger partial charge on any atom is 0.251 e. The second kappa shape index (κ2) is 5.00. The van der Waals surface area contributed by atoms with Crippen molar-refractivity contribution in [1.82, 2.24) is 5.32 Å². The molecule has 0 spiro atoms. The number of phenolic OH excluding ortho intramolecular Hbond substituents is 1. The lowest BCUT2D eigenvalue weighted by Gasteiger charge is -2.30. The summed E-state index contributed by atoms with van der Waals surface area (Å²) in [5, 5.41) is 12.6. The summed E-state index contributed by atoms with van der Waals surface area (Å²) in [4.78, 5) is 12.2. The topological polar surface area (TPSA) is 49.3 Å². The molecule has 1 atom stereocenters. The molecule has 0 saturated heterocycles. The van der Waals surface area contributed by atoms with Gasteiger partial charge in [0.15, 0.2) is 0 Å². The highest BCUT2D eigenvalue weighted by atomic mass is 16.3. The highest BCUT2D eigenvalue weighted by molar-refractivity contribution is 5.96. The molecule has 1 amide bonds. The molecule has 1 aliphatic rings. The van der Waals surface area contributed by atoms with Crippen molar-refractivity contribution in [3.05, 3.63) is 64.7 Å². The molecule has 3 nitrogen and oxygen atoms in total. The van der Waals surface area contributed by atoms with Gasteiger partial charge in [-0.1, -0.05) is 30.3 Å². The molecular weight excluding hydrogens is 250 g/mol. The van der Waals surface area contributed by atoms with E-state index >= 15 is 0 Å². The zero-order chi connectivity index (χ0) is 14.1. The van der Waals surface area contributed by atoms with E-state index in [0.29, 0.717) is 23.6 Å². The van der Waals surface area contributed by atoms with Crippen LogP contribution in [0.1, 0.15) is 33.0 Å². The minimum Gasteiger partial charge on any atom is -0.508 e. The molecule has 1 aliphatic carbocycles. The van der Waals surface area contributed by atoms with Crippen LogP contribution in [0.4, 0.5) is 0 Å². The van der Waals surface area contributed by atoms with Gasteiger partial charge in [-0.05, 0) is 36.6 Å². The second-order valence-electron chi connectivity index (χ2n) is 5.26. The lowest BCUT2D eigenvalue weighted by atomic mass is 9.77. The van der Waals surface area contributed by atoms with E-state index in [0.717, 1.165) is 6.42 Å². The van der Waals surface area contributed by atoms with E-state index in [1.807, 2.05) is 12.1 Å². The van der Waals surface area contributed by atoms with Crippen molar-refractivity contribution >= 4 is 5.91 Å². The zero-order valence-corrected chi connectivity index (χ0v) is 11.4. The Morgan fingerprint density at radius 1 is 1.25 bits per heavy atom. The van der Waals surface area contributed by atoms with Crippen LogP contribution in [0.3, 0.4) is 0 Å². The smallest absolute Gasteiger partial charge is 0.251 e. The monoisotopic (exact) mass is 267 g/mol. The number of phenols is 1. The molecule has 1 unspecified atom stereocenters. The standard InChI is InChI=1S/C17H17NO2/c1-11-14(7-4-8-16(11)19)17(20)18-10-13-9-12-5-2-3-6-15(12)13/h2-8,13,19H,9-10H2,1H3,(H,18,20). The molecule has 2 aromatic carbocycles. The maximum atomic E-state index is 12.2. The average molecular weight is 267 g/mol. The largest absolute Gasteiger partial charge is 0.508 e. The van der Waals surface area contributed by atoms with Gasteiger partial charge in [-0.2, -0.15) is 0 Å². The average Bonchev–Trinajstić information content (AvgIpc) is 2.42. The number of carbonyl (C=O) groups is 1. The van der Waals surface area contributed by atoms with Gasteiger partial charge in [0, 0.05) is 23.6 Å². The molecule has 2 N–H and O–H groups in total. The zero-order valence-electron chi connectivity index (χ0n) is 11.4. The summed E-state index contributed by atoms with van der Waals surface area (Å²) < 4.78 is 0. The number of benzene rings is 2. The number of hydrogen-bond acceptors (Lipinski definition) is 2. The Hall–Kier alpha value is -2.29. The van der Waals surface area contributed by atoms with Gasteiger partial charge in [-0.15, -0.1) is 0 Å². The van der Waals surface area contributed by atoms with Crippen LogP contribution in [0.25, 0.3) is 0 Å². The van der Waals surface area contributed by atoms with Crippen LogP contribution in [0.2, 0.25) is 0 Å². The summed E-state index contributed by atoms with van der Waals surface area (Å²) in [6.07, 6.45) is 1.02. The predicted molar refractivity (Wildman–Crippen MR) is 78.1 cm³/mol. The van der Waals surface area contributed by atoms with Crippen molar-refractivity contribution in [3.63, 3.8) is 0 Å². The van der Waals surface area contributed by atoms with Gasteiger partial charge < -0.3 is 10.4 Å². The number of hydrogen-bond donors (Lipinski definition) is 2. The maximum absolute atomic E-state index is 12.2. The normalized spacial score (nSPS) is 16.1. The van der Waals surface area contributed by atoms with Crippen LogP contribution < -0.4 is 5.32 Å². The second-order valence-corrected chi connectivity index (χ2v) is 5.26. The van der Waals surface area contributed by atoms with Crippen molar-refractivity contribution in [3.8, 4) is 5.75 Å². The minimum absolute atomic E-state index is 0.122. The first kappa shape index (κ1) is 12.7. The lowest BCUT2D eigenvalue weighted by Crippen LogP contribution is -2.33. The molecule has 102 valence electrons. The molecule has 20 heavy (non-hydrogen) atoms. The Kier molecular flexibility index (Phi) is 3.18. The van der Waals surface area contributed by atoms with E-state index < -0.39 is 0 Å². The Labute approximate surface area is 118 Å². The molecule has 0 radical (unpaired) electrons. The van der Waals surface area contributed by atoms with Crippen LogP contribution in [0.15, 0.2) is 42.5 Å². The van der Waals surface area contributed by atoms with Crippen LogP contribution in [0.5, 0.6) is 5.75 Å². The first-order valence-electron chi connectivity index (χ1n) is 6.81. The van der Waals surface area contributed by atoms with Gasteiger partial charge in [0.2, 0.25) is 0 Å². The minimum atomic E-state index is -0.122. The molecule has 3 rings (SSSR count). The number of rotatable bonds is 3. The van der Waals surface area contributed by atoms with Crippen molar-refractivity contribution in [2.75, 3.05) is 6.54 Å². The van der Waals surface area contributed by atoms with E-state index in [4.69, 9.17) is 0 Å². The Balaban J connectivity index is 1.65. The van der Waals surface area contributed by atoms with Crippen molar-refractivity contribution in [1.29, 1.82) is 0 Å². The van der Waals surface area contributed by atoms with E-state index in [-0.39, 0.29) is 11.7 Å². The van der Waals surface area contributed by atoms with Gasteiger partial charge in [0.1, 0.15) is 5.75 Å². The van der Waals surface area contributed by atoms with Gasteiger partial charge in [0.05, 0.1) is 0 Å². The third kappa shape index (κ3) is 2.16. The Bertz CT molecular complexity index is 664. The molecule has 0 aromatic heterocycles. The van der Waals surface area contributed by atoms with E-state index in [9.17, 15) is 9.90 Å². The fourth-order valence-electron chi connectivity index (χ4n) is 2.73. The first-order valence-corrected chi connectivity index (χ1v) is 6.81. The van der Waals surface area contributed by atoms with Crippen molar-refractivity contribution in [2.45, 2.75) is 19.3 Å². The molecule has 2 aromatic rings. The van der Waals surface area contributed by atoms with E-state index in [2.05, 4.69) is 17.4 Å². The quantitative estimate of drug-likeness (QED) is 0.898. The van der Waals surface area contributed by atoms with E-state index in [1.54, 1.807) is 25.1 Å². The number of aromatic hydroxyl groups is 1. The summed E-state index contributed by atoms with van der Waals surface area (Å²) >= 11 is 0. The van der Waals surface area contributed by atoms with Crippen LogP contribution in [-0.2, 0) is 6.42 Å². The summed E-state index contributed by atoms with van der Waals surface area (Å²) in [5.74, 6) is 0.446. The third-order valence-corrected chi connectivity index (χ3v) is 4.02. The van der Waals surface area contributed by atoms with Gasteiger partial charge >= 0.3 is 0 Å². The fraction of sp³-hybridized carbons (Fsp3) is 0.235. The number of carbonyl (C=O) groups excluding carboxylic acids is 1. The lowest BCUT2D eigenvalue weighted by molar-refractivity contribution is 0.0949. The van der Waals surface area contributed by atoms with Crippen molar-refractivity contribution in [2.24, 2.45) is 0 Å². The van der Waals surface area contributed by atoms with Gasteiger partial charge in [-0.3, -0.25) is 4.79 Å². The Morgan fingerprint density at radius 2 is 2.05 bits per heavy atom. The Morgan fingerprint density at radius 3 is 2.85 bits per heavy atom. The van der Waals surface area contributed by atoms with Crippen LogP contribution in [0, 0.1) is 6.92 Å². The molecule has 0 saturated carbocycles. The fourth-order valence-corrected chi connectivity index (χ4v) is 2.73. The summed E-state index contributed by atoms with van der Waals surface area (Å²) in [5.41, 5.74) is 3.87. The van der Waals surface area contributed by atoms with E-state index in [1.165, 1.54) is 11.1 Å². The van der Waals surface area contributed by atoms with Crippen LogP contribution >= 0.6 is 0 Å². The number of nitrogens with one attached hydrogen (secondary N) is 1.